The molecule has 2 N–H and O–H groups in total. The maximum Gasteiger partial charge on any atom is 0.329 e. The maximum atomic E-state index is 12.3. The normalized spacial score (nSPS) is 22.6. The molecule has 1 heterocycles. The fourth-order valence-corrected chi connectivity index (χ4v) is 4.32. The van der Waals surface area contributed by atoms with Crippen LogP contribution in [-0.4, -0.2) is 30.8 Å². The fourth-order valence-electron chi connectivity index (χ4n) is 1.90. The molecular formula is C13H15NO4S2. The highest BCUT2D eigenvalue weighted by Crippen LogP contribution is 2.33. The molecular weight excluding hydrogens is 298 g/mol. The van der Waals surface area contributed by atoms with Gasteiger partial charge in [-0.05, 0) is 37.0 Å². The number of carboxylic acid groups (broad SMARTS) is 1. The Bertz CT molecular complexity index is 664. The molecule has 1 aliphatic heterocycles. The predicted octanol–water partition coefficient (Wildman–Crippen LogP) is 1.75. The molecule has 0 amide bonds. The van der Waals surface area contributed by atoms with Crippen LogP contribution in [0.2, 0.25) is 0 Å². The van der Waals surface area contributed by atoms with Crippen molar-refractivity contribution < 1.29 is 18.3 Å². The van der Waals surface area contributed by atoms with Crippen LogP contribution in [0.25, 0.3) is 0 Å². The zero-order chi connectivity index (χ0) is 15.0. The van der Waals surface area contributed by atoms with Crippen LogP contribution < -0.4 is 4.72 Å². The number of hydrogen-bond acceptors (Lipinski definition) is 4. The second-order valence-corrected chi connectivity index (χ2v) is 7.64. The molecule has 1 unspecified atom stereocenters. The molecule has 0 spiro atoms. The SMILES string of the molecule is CC1=CC(NS(=O)(=O)c2ccc(C)cc2)(C(=O)O)CS1. The van der Waals surface area contributed by atoms with Crippen LogP contribution in [0.15, 0.2) is 40.1 Å². The molecule has 1 aliphatic rings. The Morgan fingerprint density at radius 1 is 1.30 bits per heavy atom. The monoisotopic (exact) mass is 313 g/mol. The third-order valence-corrected chi connectivity index (χ3v) is 5.71. The summed E-state index contributed by atoms with van der Waals surface area (Å²) in [7, 11) is -3.88. The van der Waals surface area contributed by atoms with Crippen LogP contribution in [0.1, 0.15) is 12.5 Å². The van der Waals surface area contributed by atoms with E-state index in [0.717, 1.165) is 10.5 Å². The highest BCUT2D eigenvalue weighted by atomic mass is 32.2. The highest BCUT2D eigenvalue weighted by Gasteiger charge is 2.43. The third kappa shape index (κ3) is 2.89. The molecule has 0 aromatic heterocycles. The van der Waals surface area contributed by atoms with E-state index in [1.165, 1.54) is 30.0 Å². The van der Waals surface area contributed by atoms with Crippen LogP contribution in [0, 0.1) is 6.92 Å². The van der Waals surface area contributed by atoms with E-state index in [4.69, 9.17) is 0 Å². The summed E-state index contributed by atoms with van der Waals surface area (Å²) >= 11 is 1.32. The summed E-state index contributed by atoms with van der Waals surface area (Å²) in [6, 6.07) is 6.27. The van der Waals surface area contributed by atoms with E-state index < -0.39 is 21.5 Å². The average molecular weight is 313 g/mol. The van der Waals surface area contributed by atoms with E-state index in [2.05, 4.69) is 4.72 Å². The van der Waals surface area contributed by atoms with Crippen molar-refractivity contribution in [1.29, 1.82) is 0 Å². The fraction of sp³-hybridized carbons (Fsp3) is 0.308. The number of nitrogens with one attached hydrogen (secondary N) is 1. The zero-order valence-corrected chi connectivity index (χ0v) is 12.7. The summed E-state index contributed by atoms with van der Waals surface area (Å²) < 4.78 is 26.9. The van der Waals surface area contributed by atoms with E-state index in [9.17, 15) is 18.3 Å². The molecule has 5 nitrogen and oxygen atoms in total. The number of hydrogen-bond donors (Lipinski definition) is 2. The van der Waals surface area contributed by atoms with Crippen LogP contribution in [0.5, 0.6) is 0 Å². The summed E-state index contributed by atoms with van der Waals surface area (Å²) in [5.41, 5.74) is -0.637. The van der Waals surface area contributed by atoms with Gasteiger partial charge in [0.15, 0.2) is 5.54 Å². The van der Waals surface area contributed by atoms with Crippen molar-refractivity contribution in [3.8, 4) is 0 Å². The number of carboxylic acids is 1. The van der Waals surface area contributed by atoms with Gasteiger partial charge in [-0.25, -0.2) is 13.2 Å². The minimum Gasteiger partial charge on any atom is -0.480 e. The first-order chi connectivity index (χ1) is 9.25. The minimum atomic E-state index is -3.88. The van der Waals surface area contributed by atoms with Crippen LogP contribution in [0.4, 0.5) is 0 Å². The number of benzene rings is 1. The molecule has 0 aliphatic carbocycles. The molecule has 0 bridgehead atoms. The summed E-state index contributed by atoms with van der Waals surface area (Å²) in [5.74, 6) is -1.04. The van der Waals surface area contributed by atoms with Gasteiger partial charge in [0.2, 0.25) is 10.0 Å². The van der Waals surface area contributed by atoms with Gasteiger partial charge in [-0.3, -0.25) is 0 Å². The molecule has 108 valence electrons. The van der Waals surface area contributed by atoms with Gasteiger partial charge in [-0.1, -0.05) is 17.7 Å². The largest absolute Gasteiger partial charge is 0.480 e. The molecule has 20 heavy (non-hydrogen) atoms. The van der Waals surface area contributed by atoms with E-state index in [1.807, 2.05) is 6.92 Å². The van der Waals surface area contributed by atoms with Gasteiger partial charge in [0.1, 0.15) is 0 Å². The maximum absolute atomic E-state index is 12.3. The lowest BCUT2D eigenvalue weighted by Crippen LogP contribution is -2.53. The first kappa shape index (κ1) is 15.1. The standard InChI is InChI=1S/C13H15NO4S2/c1-9-3-5-11(6-4-9)20(17,18)14-13(12(15)16)7-10(2)19-8-13/h3-7,14H,8H2,1-2H3,(H,15,16). The Morgan fingerprint density at radius 3 is 2.35 bits per heavy atom. The van der Waals surface area contributed by atoms with Gasteiger partial charge < -0.3 is 5.11 Å². The smallest absolute Gasteiger partial charge is 0.329 e. The van der Waals surface area contributed by atoms with Gasteiger partial charge in [0.25, 0.3) is 0 Å². The van der Waals surface area contributed by atoms with Crippen molar-refractivity contribution in [3.63, 3.8) is 0 Å². The molecule has 0 fully saturated rings. The van der Waals surface area contributed by atoms with E-state index in [-0.39, 0.29) is 10.6 Å². The number of sulfonamides is 1. The molecule has 0 radical (unpaired) electrons. The van der Waals surface area contributed by atoms with Crippen LogP contribution >= 0.6 is 11.8 Å². The Kier molecular flexibility index (Phi) is 3.95. The molecule has 1 aromatic rings. The molecule has 0 saturated heterocycles. The second kappa shape index (κ2) is 5.23. The minimum absolute atomic E-state index is 0.0617. The summed E-state index contributed by atoms with van der Waals surface area (Å²) in [6.45, 7) is 3.61. The predicted molar refractivity (Wildman–Crippen MR) is 78.1 cm³/mol. The molecule has 1 aromatic carbocycles. The number of carbonyl (C=O) groups is 1. The molecule has 0 saturated carbocycles. The van der Waals surface area contributed by atoms with Crippen molar-refractivity contribution in [2.24, 2.45) is 0 Å². The molecule has 1 atom stereocenters. The molecule has 7 heteroatoms. The topological polar surface area (TPSA) is 83.5 Å². The van der Waals surface area contributed by atoms with Gasteiger partial charge in [0.05, 0.1) is 4.90 Å². The lowest BCUT2D eigenvalue weighted by Gasteiger charge is -2.22. The lowest BCUT2D eigenvalue weighted by atomic mass is 10.0. The number of allylic oxidation sites excluding steroid dienone is 1. The second-order valence-electron chi connectivity index (χ2n) is 4.74. The average Bonchev–Trinajstić information content (AvgIpc) is 2.72. The van der Waals surface area contributed by atoms with E-state index in [1.54, 1.807) is 19.1 Å². The van der Waals surface area contributed by atoms with Crippen molar-refractivity contribution in [1.82, 2.24) is 4.72 Å². The van der Waals surface area contributed by atoms with E-state index >= 15 is 0 Å². The molecule has 2 rings (SSSR count). The van der Waals surface area contributed by atoms with Crippen LogP contribution in [0.3, 0.4) is 0 Å². The first-order valence-electron chi connectivity index (χ1n) is 5.91. The number of thioether (sulfide) groups is 1. The van der Waals surface area contributed by atoms with Gasteiger partial charge >= 0.3 is 5.97 Å². The number of aryl methyl sites for hydroxylation is 1. The Morgan fingerprint density at radius 2 is 1.90 bits per heavy atom. The number of aliphatic carboxylic acids is 1. The van der Waals surface area contributed by atoms with Crippen LogP contribution in [-0.2, 0) is 14.8 Å². The summed E-state index contributed by atoms with van der Waals surface area (Å²) in [5, 5.41) is 9.35. The van der Waals surface area contributed by atoms with Crippen molar-refractivity contribution in [2.45, 2.75) is 24.3 Å². The Hall–Kier alpha value is -1.31. The van der Waals surface area contributed by atoms with Crippen molar-refractivity contribution in [3.05, 3.63) is 40.8 Å². The van der Waals surface area contributed by atoms with Gasteiger partial charge in [0, 0.05) is 5.75 Å². The quantitative estimate of drug-likeness (QED) is 0.885. The van der Waals surface area contributed by atoms with Gasteiger partial charge in [-0.2, -0.15) is 4.72 Å². The Labute approximate surface area is 122 Å². The highest BCUT2D eigenvalue weighted by molar-refractivity contribution is 8.03. The zero-order valence-electron chi connectivity index (χ0n) is 11.1. The van der Waals surface area contributed by atoms with Crippen molar-refractivity contribution >= 4 is 27.8 Å². The first-order valence-corrected chi connectivity index (χ1v) is 8.38. The van der Waals surface area contributed by atoms with Gasteiger partial charge in [-0.15, -0.1) is 11.8 Å². The number of rotatable bonds is 4. The van der Waals surface area contributed by atoms with E-state index in [0.29, 0.717) is 0 Å². The summed E-state index contributed by atoms with van der Waals surface area (Å²) in [4.78, 5) is 12.3. The van der Waals surface area contributed by atoms with Crippen molar-refractivity contribution in [2.75, 3.05) is 5.75 Å². The Balaban J connectivity index is 2.36. The lowest BCUT2D eigenvalue weighted by molar-refractivity contribution is -0.141. The third-order valence-electron chi connectivity index (χ3n) is 3.01. The summed E-state index contributed by atoms with van der Waals surface area (Å²) in [6.07, 6.45) is 1.45.